The van der Waals surface area contributed by atoms with E-state index < -0.39 is 0 Å². The summed E-state index contributed by atoms with van der Waals surface area (Å²) in [6.45, 7) is 4.78. The molecule has 4 heteroatoms. The molecule has 3 nitrogen and oxygen atoms in total. The van der Waals surface area contributed by atoms with Crippen molar-refractivity contribution in [1.82, 2.24) is 4.98 Å². The van der Waals surface area contributed by atoms with Gasteiger partial charge in [0, 0.05) is 16.2 Å². The fourth-order valence-electron chi connectivity index (χ4n) is 1.57. The fraction of sp³-hybridized carbons (Fsp3) is 0.267. The minimum atomic E-state index is 0.616. The lowest BCUT2D eigenvalue weighted by molar-refractivity contribution is 0.317. The molecule has 0 aliphatic heterocycles. The van der Waals surface area contributed by atoms with Gasteiger partial charge in [-0.2, -0.15) is 0 Å². The molecular weight excluding hydrogens is 306 g/mol. The Labute approximate surface area is 121 Å². The molecule has 2 rings (SSSR count). The van der Waals surface area contributed by atoms with Crippen LogP contribution in [0.3, 0.4) is 0 Å². The van der Waals surface area contributed by atoms with Gasteiger partial charge in [-0.15, -0.1) is 0 Å². The predicted octanol–water partition coefficient (Wildman–Crippen LogP) is 4.73. The average molecular weight is 322 g/mol. The third-order valence-electron chi connectivity index (χ3n) is 2.51. The van der Waals surface area contributed by atoms with Gasteiger partial charge in [-0.1, -0.05) is 6.92 Å². The first-order chi connectivity index (χ1) is 9.19. The summed E-state index contributed by atoms with van der Waals surface area (Å²) in [6.07, 6.45) is 2.72. The van der Waals surface area contributed by atoms with Crippen molar-refractivity contribution in [1.29, 1.82) is 0 Å². The van der Waals surface area contributed by atoms with Crippen molar-refractivity contribution in [3.8, 4) is 17.4 Å². The molecule has 0 spiro atoms. The number of hydrogen-bond donors (Lipinski definition) is 0. The van der Waals surface area contributed by atoms with Crippen molar-refractivity contribution in [2.45, 2.75) is 20.3 Å². The van der Waals surface area contributed by atoms with E-state index in [2.05, 4.69) is 27.8 Å². The van der Waals surface area contributed by atoms with Gasteiger partial charge in [0.2, 0.25) is 5.88 Å². The topological polar surface area (TPSA) is 31.4 Å². The fourth-order valence-corrected chi connectivity index (χ4v) is 2.02. The van der Waals surface area contributed by atoms with Crippen molar-refractivity contribution < 1.29 is 9.47 Å². The van der Waals surface area contributed by atoms with Gasteiger partial charge in [0.1, 0.15) is 11.5 Å². The van der Waals surface area contributed by atoms with Gasteiger partial charge in [0.05, 0.1) is 6.61 Å². The molecule has 1 heterocycles. The lowest BCUT2D eigenvalue weighted by Gasteiger charge is -2.09. The first-order valence-corrected chi connectivity index (χ1v) is 7.01. The molecule has 0 fully saturated rings. The second-order valence-corrected chi connectivity index (χ2v) is 5.11. The summed E-state index contributed by atoms with van der Waals surface area (Å²) in [5.74, 6) is 2.22. The average Bonchev–Trinajstić information content (AvgIpc) is 2.41. The molecule has 0 saturated heterocycles. The van der Waals surface area contributed by atoms with E-state index in [4.69, 9.17) is 9.47 Å². The third-order valence-corrected chi connectivity index (χ3v) is 2.94. The lowest BCUT2D eigenvalue weighted by Crippen LogP contribution is -1.95. The van der Waals surface area contributed by atoms with E-state index in [1.165, 1.54) is 0 Å². The van der Waals surface area contributed by atoms with Crippen LogP contribution in [0.15, 0.2) is 41.0 Å². The normalized spacial score (nSPS) is 10.3. The van der Waals surface area contributed by atoms with Crippen LogP contribution in [0.4, 0.5) is 0 Å². The van der Waals surface area contributed by atoms with Crippen molar-refractivity contribution in [3.05, 3.63) is 46.6 Å². The Hall–Kier alpha value is -1.55. The molecule has 0 saturated carbocycles. The Balaban J connectivity index is 2.06. The Bertz CT molecular complexity index is 540. The molecule has 2 aromatic rings. The minimum absolute atomic E-state index is 0.616. The molecule has 0 atom stereocenters. The zero-order chi connectivity index (χ0) is 13.7. The van der Waals surface area contributed by atoms with Crippen LogP contribution >= 0.6 is 15.9 Å². The monoisotopic (exact) mass is 321 g/mol. The molecule has 0 unspecified atom stereocenters. The van der Waals surface area contributed by atoms with Crippen LogP contribution in [-0.4, -0.2) is 11.6 Å². The number of nitrogens with zero attached hydrogens (tertiary/aromatic N) is 1. The SMILES string of the molecule is CCCOc1ccc(Oc2ncc(Br)cc2C)cc1. The maximum absolute atomic E-state index is 5.74. The van der Waals surface area contributed by atoms with Crippen molar-refractivity contribution in [2.24, 2.45) is 0 Å². The maximum Gasteiger partial charge on any atom is 0.222 e. The van der Waals surface area contributed by atoms with Crippen LogP contribution in [-0.2, 0) is 0 Å². The summed E-state index contributed by atoms with van der Waals surface area (Å²) in [4.78, 5) is 4.24. The zero-order valence-electron chi connectivity index (χ0n) is 11.0. The maximum atomic E-state index is 5.74. The number of ether oxygens (including phenoxy) is 2. The summed E-state index contributed by atoms with van der Waals surface area (Å²) in [7, 11) is 0. The quantitative estimate of drug-likeness (QED) is 0.797. The van der Waals surface area contributed by atoms with Crippen molar-refractivity contribution in [3.63, 3.8) is 0 Å². The Kier molecular flexibility index (Phi) is 4.80. The number of rotatable bonds is 5. The Morgan fingerprint density at radius 2 is 1.84 bits per heavy atom. The molecule has 19 heavy (non-hydrogen) atoms. The summed E-state index contributed by atoms with van der Waals surface area (Å²) in [5.41, 5.74) is 0.987. The van der Waals surface area contributed by atoms with E-state index in [0.29, 0.717) is 5.88 Å². The highest BCUT2D eigenvalue weighted by molar-refractivity contribution is 9.10. The van der Waals surface area contributed by atoms with Gasteiger partial charge >= 0.3 is 0 Å². The molecule has 0 amide bonds. The smallest absolute Gasteiger partial charge is 0.222 e. The van der Waals surface area contributed by atoms with E-state index in [1.807, 2.05) is 37.3 Å². The van der Waals surface area contributed by atoms with E-state index in [9.17, 15) is 0 Å². The van der Waals surface area contributed by atoms with E-state index in [1.54, 1.807) is 6.20 Å². The number of hydrogen-bond acceptors (Lipinski definition) is 3. The zero-order valence-corrected chi connectivity index (χ0v) is 12.6. The molecule has 0 radical (unpaired) electrons. The first kappa shape index (κ1) is 13.9. The van der Waals surface area contributed by atoms with Crippen molar-refractivity contribution in [2.75, 3.05) is 6.61 Å². The number of aryl methyl sites for hydroxylation is 1. The second-order valence-electron chi connectivity index (χ2n) is 4.20. The van der Waals surface area contributed by atoms with E-state index >= 15 is 0 Å². The molecule has 0 aliphatic carbocycles. The largest absolute Gasteiger partial charge is 0.494 e. The highest BCUT2D eigenvalue weighted by atomic mass is 79.9. The molecule has 1 aromatic heterocycles. The Morgan fingerprint density at radius 1 is 1.16 bits per heavy atom. The van der Waals surface area contributed by atoms with E-state index in [-0.39, 0.29) is 0 Å². The molecule has 0 bridgehead atoms. The van der Waals surface area contributed by atoms with Crippen molar-refractivity contribution >= 4 is 15.9 Å². The van der Waals surface area contributed by atoms with Gasteiger partial charge in [-0.05, 0) is 59.6 Å². The predicted molar refractivity (Wildman–Crippen MR) is 79.0 cm³/mol. The van der Waals surface area contributed by atoms with Crippen LogP contribution in [0.2, 0.25) is 0 Å². The number of benzene rings is 1. The van der Waals surface area contributed by atoms with Crippen LogP contribution in [0.25, 0.3) is 0 Å². The van der Waals surface area contributed by atoms with Gasteiger partial charge < -0.3 is 9.47 Å². The molecule has 1 aromatic carbocycles. The highest BCUT2D eigenvalue weighted by Crippen LogP contribution is 2.26. The van der Waals surface area contributed by atoms with Gasteiger partial charge in [0.25, 0.3) is 0 Å². The molecule has 0 N–H and O–H groups in total. The number of aromatic nitrogens is 1. The first-order valence-electron chi connectivity index (χ1n) is 6.22. The molecule has 0 aliphatic rings. The highest BCUT2D eigenvalue weighted by Gasteiger charge is 2.04. The minimum Gasteiger partial charge on any atom is -0.494 e. The molecular formula is C15H16BrNO2. The Morgan fingerprint density at radius 3 is 2.47 bits per heavy atom. The third kappa shape index (κ3) is 3.96. The second kappa shape index (κ2) is 6.57. The summed E-state index contributed by atoms with van der Waals surface area (Å²) in [5, 5.41) is 0. The lowest BCUT2D eigenvalue weighted by atomic mass is 10.3. The van der Waals surface area contributed by atoms with Crippen LogP contribution in [0, 0.1) is 6.92 Å². The van der Waals surface area contributed by atoms with Gasteiger partial charge in [0.15, 0.2) is 0 Å². The summed E-state index contributed by atoms with van der Waals surface area (Å²) in [6, 6.07) is 9.54. The van der Waals surface area contributed by atoms with E-state index in [0.717, 1.165) is 34.6 Å². The number of halogens is 1. The van der Waals surface area contributed by atoms with Crippen LogP contribution < -0.4 is 9.47 Å². The number of pyridine rings is 1. The van der Waals surface area contributed by atoms with Crippen LogP contribution in [0.5, 0.6) is 17.4 Å². The van der Waals surface area contributed by atoms with Crippen LogP contribution in [0.1, 0.15) is 18.9 Å². The standard InChI is InChI=1S/C15H16BrNO2/c1-3-8-18-13-4-6-14(7-5-13)19-15-11(2)9-12(16)10-17-15/h4-7,9-10H,3,8H2,1-2H3. The molecule has 100 valence electrons. The summed E-state index contributed by atoms with van der Waals surface area (Å²) < 4.78 is 12.2. The summed E-state index contributed by atoms with van der Waals surface area (Å²) >= 11 is 3.38. The van der Waals surface area contributed by atoms with Gasteiger partial charge in [-0.3, -0.25) is 0 Å². The van der Waals surface area contributed by atoms with Gasteiger partial charge in [-0.25, -0.2) is 4.98 Å².